The maximum absolute atomic E-state index is 13.8. The van der Waals surface area contributed by atoms with Gasteiger partial charge in [-0.25, -0.2) is 4.39 Å². The van der Waals surface area contributed by atoms with E-state index in [1.165, 1.54) is 17.8 Å². The fraction of sp³-hybridized carbons (Fsp3) is 0.278. The second-order valence-electron chi connectivity index (χ2n) is 5.50. The average Bonchev–Trinajstić information content (AvgIpc) is 2.61. The molecular formula is C18H17ClFNO3S. The first-order valence-electron chi connectivity index (χ1n) is 7.79. The molecule has 1 unspecified atom stereocenters. The Hall–Kier alpha value is -1.92. The standard InChI is InChI=1S/C18H17ClFNO3S/c1-11(25-10-13-14(19)3-2-4-15(13)20)18(22)21-12-5-6-16-17(9-12)24-8-7-23-16/h2-6,9,11H,7-8,10H2,1H3,(H,21,22). The molecule has 1 amide bonds. The van der Waals surface area contributed by atoms with E-state index in [9.17, 15) is 9.18 Å². The number of carbonyl (C=O) groups excluding carboxylic acids is 1. The molecule has 25 heavy (non-hydrogen) atoms. The molecule has 0 aromatic heterocycles. The van der Waals surface area contributed by atoms with Crippen LogP contribution in [0.15, 0.2) is 36.4 Å². The summed E-state index contributed by atoms with van der Waals surface area (Å²) in [6, 6.07) is 9.82. The van der Waals surface area contributed by atoms with Gasteiger partial charge in [-0.05, 0) is 31.2 Å². The first-order valence-corrected chi connectivity index (χ1v) is 9.22. The number of ether oxygens (including phenoxy) is 2. The summed E-state index contributed by atoms with van der Waals surface area (Å²) in [6.45, 7) is 2.78. The van der Waals surface area contributed by atoms with Crippen molar-refractivity contribution >= 4 is 35.0 Å². The molecule has 4 nitrogen and oxygen atoms in total. The first-order chi connectivity index (χ1) is 12.0. The molecule has 7 heteroatoms. The van der Waals surface area contributed by atoms with Gasteiger partial charge in [0.15, 0.2) is 11.5 Å². The summed E-state index contributed by atoms with van der Waals surface area (Å²) >= 11 is 7.33. The van der Waals surface area contributed by atoms with Crippen LogP contribution in [0, 0.1) is 5.82 Å². The predicted octanol–water partition coefficient (Wildman–Crippen LogP) is 4.51. The van der Waals surface area contributed by atoms with Crippen molar-refractivity contribution in [3.8, 4) is 11.5 Å². The smallest absolute Gasteiger partial charge is 0.237 e. The lowest BCUT2D eigenvalue weighted by atomic mass is 10.2. The number of halogens is 2. The van der Waals surface area contributed by atoms with E-state index in [1.54, 1.807) is 37.3 Å². The molecule has 0 radical (unpaired) electrons. The molecule has 1 atom stereocenters. The van der Waals surface area contributed by atoms with E-state index >= 15 is 0 Å². The lowest BCUT2D eigenvalue weighted by molar-refractivity contribution is -0.115. The van der Waals surface area contributed by atoms with Crippen molar-refractivity contribution in [3.05, 3.63) is 52.8 Å². The summed E-state index contributed by atoms with van der Waals surface area (Å²) in [5, 5.41) is 2.83. The third-order valence-corrected chi connectivity index (χ3v) is 5.24. The van der Waals surface area contributed by atoms with Crippen LogP contribution in [0.5, 0.6) is 11.5 Å². The summed E-state index contributed by atoms with van der Waals surface area (Å²) in [6.07, 6.45) is 0. The zero-order chi connectivity index (χ0) is 17.8. The highest BCUT2D eigenvalue weighted by atomic mass is 35.5. The number of carbonyl (C=O) groups is 1. The van der Waals surface area contributed by atoms with E-state index in [4.69, 9.17) is 21.1 Å². The Labute approximate surface area is 154 Å². The van der Waals surface area contributed by atoms with Crippen molar-refractivity contribution < 1.29 is 18.7 Å². The van der Waals surface area contributed by atoms with Gasteiger partial charge in [0.1, 0.15) is 19.0 Å². The van der Waals surface area contributed by atoms with Gasteiger partial charge in [-0.3, -0.25) is 4.79 Å². The van der Waals surface area contributed by atoms with Crippen molar-refractivity contribution in [2.24, 2.45) is 0 Å². The topological polar surface area (TPSA) is 47.6 Å². The number of anilines is 1. The highest BCUT2D eigenvalue weighted by molar-refractivity contribution is 7.99. The highest BCUT2D eigenvalue weighted by Gasteiger charge is 2.18. The molecule has 1 N–H and O–H groups in total. The number of amides is 1. The Morgan fingerprint density at radius 2 is 2.04 bits per heavy atom. The molecule has 132 valence electrons. The van der Waals surface area contributed by atoms with E-state index < -0.39 is 0 Å². The van der Waals surface area contributed by atoms with Gasteiger partial charge < -0.3 is 14.8 Å². The van der Waals surface area contributed by atoms with Gasteiger partial charge in [0.05, 0.1) is 5.25 Å². The Morgan fingerprint density at radius 3 is 2.80 bits per heavy atom. The van der Waals surface area contributed by atoms with E-state index in [0.29, 0.717) is 46.7 Å². The Bertz CT molecular complexity index is 767. The second-order valence-corrected chi connectivity index (χ2v) is 7.24. The summed E-state index contributed by atoms with van der Waals surface area (Å²) in [7, 11) is 0. The zero-order valence-corrected chi connectivity index (χ0v) is 15.1. The van der Waals surface area contributed by atoms with Crippen LogP contribution in [-0.4, -0.2) is 24.4 Å². The summed E-state index contributed by atoms with van der Waals surface area (Å²) < 4.78 is 24.7. The number of fused-ring (bicyclic) bond motifs is 1. The molecule has 2 aromatic rings. The SMILES string of the molecule is CC(SCc1c(F)cccc1Cl)C(=O)Nc1ccc2c(c1)OCCO2. The van der Waals surface area contributed by atoms with E-state index in [0.717, 1.165) is 0 Å². The monoisotopic (exact) mass is 381 g/mol. The normalized spacial score (nSPS) is 14.0. The minimum absolute atomic E-state index is 0.172. The molecule has 1 aliphatic rings. The molecule has 3 rings (SSSR count). The molecule has 2 aromatic carbocycles. The lowest BCUT2D eigenvalue weighted by Gasteiger charge is -2.19. The van der Waals surface area contributed by atoms with Crippen LogP contribution < -0.4 is 14.8 Å². The second kappa shape index (κ2) is 7.97. The molecular weight excluding hydrogens is 365 g/mol. The van der Waals surface area contributed by atoms with E-state index in [2.05, 4.69) is 5.32 Å². The van der Waals surface area contributed by atoms with Crippen LogP contribution in [0.4, 0.5) is 10.1 Å². The summed E-state index contributed by atoms with van der Waals surface area (Å²) in [5.74, 6) is 1.07. The Balaban J connectivity index is 1.59. The molecule has 0 spiro atoms. The summed E-state index contributed by atoms with van der Waals surface area (Å²) in [4.78, 5) is 12.3. The molecule has 1 heterocycles. The Morgan fingerprint density at radius 1 is 1.28 bits per heavy atom. The van der Waals surface area contributed by atoms with Crippen LogP contribution in [0.3, 0.4) is 0 Å². The van der Waals surface area contributed by atoms with Crippen molar-refractivity contribution in [2.75, 3.05) is 18.5 Å². The third-order valence-electron chi connectivity index (χ3n) is 3.72. The Kier molecular flexibility index (Phi) is 5.71. The van der Waals surface area contributed by atoms with Crippen molar-refractivity contribution in [2.45, 2.75) is 17.9 Å². The van der Waals surface area contributed by atoms with Gasteiger partial charge in [0.25, 0.3) is 0 Å². The molecule has 0 bridgehead atoms. The van der Waals surface area contributed by atoms with Gasteiger partial charge in [0.2, 0.25) is 5.91 Å². The number of hydrogen-bond donors (Lipinski definition) is 1. The van der Waals surface area contributed by atoms with Crippen LogP contribution >= 0.6 is 23.4 Å². The zero-order valence-electron chi connectivity index (χ0n) is 13.6. The molecule has 0 saturated carbocycles. The number of nitrogens with one attached hydrogen (secondary N) is 1. The van der Waals surface area contributed by atoms with Crippen molar-refractivity contribution in [3.63, 3.8) is 0 Å². The van der Waals surface area contributed by atoms with Crippen LogP contribution in [-0.2, 0) is 10.5 Å². The lowest BCUT2D eigenvalue weighted by Crippen LogP contribution is -2.23. The van der Waals surface area contributed by atoms with Gasteiger partial charge in [-0.2, -0.15) is 0 Å². The number of benzene rings is 2. The van der Waals surface area contributed by atoms with Gasteiger partial charge >= 0.3 is 0 Å². The van der Waals surface area contributed by atoms with Crippen LogP contribution in [0.2, 0.25) is 5.02 Å². The fourth-order valence-electron chi connectivity index (χ4n) is 2.32. The van der Waals surface area contributed by atoms with Crippen molar-refractivity contribution in [1.82, 2.24) is 0 Å². The first kappa shape index (κ1) is 17.9. The van der Waals surface area contributed by atoms with Gasteiger partial charge in [0, 0.05) is 28.1 Å². The average molecular weight is 382 g/mol. The molecule has 0 fully saturated rings. The van der Waals surface area contributed by atoms with Gasteiger partial charge in [-0.1, -0.05) is 17.7 Å². The van der Waals surface area contributed by atoms with Crippen molar-refractivity contribution in [1.29, 1.82) is 0 Å². The molecule has 0 aliphatic carbocycles. The number of rotatable bonds is 5. The highest BCUT2D eigenvalue weighted by Crippen LogP contribution is 2.33. The predicted molar refractivity (Wildman–Crippen MR) is 98.2 cm³/mol. The minimum Gasteiger partial charge on any atom is -0.486 e. The van der Waals surface area contributed by atoms with Crippen LogP contribution in [0.1, 0.15) is 12.5 Å². The van der Waals surface area contributed by atoms with Gasteiger partial charge in [-0.15, -0.1) is 11.8 Å². The number of hydrogen-bond acceptors (Lipinski definition) is 4. The quantitative estimate of drug-likeness (QED) is 0.827. The van der Waals surface area contributed by atoms with E-state index in [-0.39, 0.29) is 17.0 Å². The fourth-order valence-corrected chi connectivity index (χ4v) is 3.55. The van der Waals surface area contributed by atoms with Crippen LogP contribution in [0.25, 0.3) is 0 Å². The molecule has 0 saturated heterocycles. The minimum atomic E-state index is -0.371. The summed E-state index contributed by atoms with van der Waals surface area (Å²) in [5.41, 5.74) is 1.04. The maximum atomic E-state index is 13.8. The van der Waals surface area contributed by atoms with E-state index in [1.807, 2.05) is 0 Å². The molecule has 1 aliphatic heterocycles. The number of thioether (sulfide) groups is 1. The third kappa shape index (κ3) is 4.38. The maximum Gasteiger partial charge on any atom is 0.237 e. The largest absolute Gasteiger partial charge is 0.486 e.